The van der Waals surface area contributed by atoms with Crippen LogP contribution in [0.25, 0.3) is 0 Å². The maximum atomic E-state index is 14.3. The monoisotopic (exact) mass is 383 g/mol. The second-order valence-electron chi connectivity index (χ2n) is 7.30. The number of morpholine rings is 1. The van der Waals surface area contributed by atoms with E-state index in [0.29, 0.717) is 57.1 Å². The molecule has 0 aromatic carbocycles. The molecule has 2 saturated heterocycles. The molecule has 152 valence electrons. The summed E-state index contributed by atoms with van der Waals surface area (Å²) in [5, 5.41) is 9.80. The third kappa shape index (κ3) is 5.04. The van der Waals surface area contributed by atoms with E-state index in [-0.39, 0.29) is 12.5 Å². The number of aromatic nitrogens is 2. The van der Waals surface area contributed by atoms with Crippen molar-refractivity contribution < 1.29 is 19.0 Å². The number of aliphatic hydroxyl groups excluding tert-OH is 1. The van der Waals surface area contributed by atoms with Gasteiger partial charge in [0.05, 0.1) is 26.0 Å². The molecule has 0 spiro atoms. The van der Waals surface area contributed by atoms with Crippen molar-refractivity contribution in [3.05, 3.63) is 12.0 Å². The molecule has 2 aliphatic rings. The average molecular weight is 383 g/mol. The van der Waals surface area contributed by atoms with Gasteiger partial charge in [0, 0.05) is 58.9 Å². The van der Waals surface area contributed by atoms with Gasteiger partial charge in [0.1, 0.15) is 0 Å². The van der Waals surface area contributed by atoms with Gasteiger partial charge < -0.3 is 29.3 Å². The number of hydrogen-bond donors (Lipinski definition) is 1. The molecule has 0 saturated carbocycles. The van der Waals surface area contributed by atoms with Gasteiger partial charge in [-0.2, -0.15) is 4.98 Å². The molecule has 0 radical (unpaired) electrons. The highest BCUT2D eigenvalue weighted by Crippen LogP contribution is 2.28. The van der Waals surface area contributed by atoms with Crippen LogP contribution in [0.2, 0.25) is 0 Å². The molecule has 2 atom stereocenters. The Bertz CT molecular complexity index is 602. The third-order valence-corrected chi connectivity index (χ3v) is 5.34. The van der Waals surface area contributed by atoms with E-state index in [2.05, 4.69) is 26.8 Å². The van der Waals surface area contributed by atoms with Crippen LogP contribution in [0.5, 0.6) is 0 Å². The Balaban J connectivity index is 1.69. The van der Waals surface area contributed by atoms with Crippen molar-refractivity contribution in [3.8, 4) is 0 Å². The lowest BCUT2D eigenvalue weighted by Gasteiger charge is -2.28. The molecular formula is C18H30FN5O3. The summed E-state index contributed by atoms with van der Waals surface area (Å²) < 4.78 is 24.7. The predicted molar refractivity (Wildman–Crippen MR) is 101 cm³/mol. The summed E-state index contributed by atoms with van der Waals surface area (Å²) in [4.78, 5) is 14.9. The summed E-state index contributed by atoms with van der Waals surface area (Å²) >= 11 is 0. The Hall–Kier alpha value is -1.55. The fraction of sp³-hybridized carbons (Fsp3) is 0.778. The van der Waals surface area contributed by atoms with Gasteiger partial charge in [-0.15, -0.1) is 0 Å². The maximum absolute atomic E-state index is 14.3. The van der Waals surface area contributed by atoms with E-state index in [1.165, 1.54) is 6.20 Å². The molecule has 0 bridgehead atoms. The van der Waals surface area contributed by atoms with Crippen LogP contribution >= 0.6 is 0 Å². The number of methoxy groups -OCH3 is 1. The second-order valence-corrected chi connectivity index (χ2v) is 7.30. The van der Waals surface area contributed by atoms with Crippen LogP contribution in [0.15, 0.2) is 6.20 Å². The highest BCUT2D eigenvalue weighted by molar-refractivity contribution is 5.46. The first-order valence-corrected chi connectivity index (χ1v) is 9.51. The van der Waals surface area contributed by atoms with Crippen molar-refractivity contribution in [1.29, 1.82) is 0 Å². The van der Waals surface area contributed by atoms with E-state index in [1.807, 2.05) is 4.90 Å². The minimum absolute atomic E-state index is 0.122. The number of rotatable bonds is 8. The number of anilines is 2. The first kappa shape index (κ1) is 20.2. The molecule has 2 fully saturated rings. The van der Waals surface area contributed by atoms with Gasteiger partial charge in [-0.25, -0.2) is 9.37 Å². The van der Waals surface area contributed by atoms with Crippen LogP contribution in [0.4, 0.5) is 16.2 Å². The van der Waals surface area contributed by atoms with E-state index >= 15 is 0 Å². The summed E-state index contributed by atoms with van der Waals surface area (Å²) in [6.07, 6.45) is 1.25. The largest absolute Gasteiger partial charge is 0.396 e. The van der Waals surface area contributed by atoms with Crippen LogP contribution in [-0.2, 0) is 9.47 Å². The van der Waals surface area contributed by atoms with Crippen molar-refractivity contribution in [2.24, 2.45) is 11.8 Å². The lowest BCUT2D eigenvalue weighted by atomic mass is 9.96. The molecule has 0 amide bonds. The first-order chi connectivity index (χ1) is 13.1. The van der Waals surface area contributed by atoms with Gasteiger partial charge in [0.25, 0.3) is 0 Å². The average Bonchev–Trinajstić information content (AvgIpc) is 3.10. The number of nitrogens with zero attached hydrogens (tertiary/aromatic N) is 5. The van der Waals surface area contributed by atoms with Crippen LogP contribution in [0, 0.1) is 17.7 Å². The summed E-state index contributed by atoms with van der Waals surface area (Å²) in [6.45, 7) is 6.33. The molecule has 9 heteroatoms. The lowest BCUT2D eigenvalue weighted by Crippen LogP contribution is -2.38. The molecule has 3 rings (SSSR count). The number of ether oxygens (including phenoxy) is 2. The summed E-state index contributed by atoms with van der Waals surface area (Å²) in [7, 11) is 3.75. The molecule has 1 aromatic heterocycles. The van der Waals surface area contributed by atoms with Gasteiger partial charge in [0.15, 0.2) is 11.6 Å². The van der Waals surface area contributed by atoms with Gasteiger partial charge in [-0.1, -0.05) is 0 Å². The minimum atomic E-state index is -0.408. The Kier molecular flexibility index (Phi) is 7.17. The zero-order valence-electron chi connectivity index (χ0n) is 16.2. The van der Waals surface area contributed by atoms with E-state index in [9.17, 15) is 9.50 Å². The van der Waals surface area contributed by atoms with Crippen molar-refractivity contribution in [1.82, 2.24) is 14.9 Å². The Labute approximate surface area is 159 Å². The van der Waals surface area contributed by atoms with Crippen molar-refractivity contribution in [2.45, 2.75) is 0 Å². The Morgan fingerprint density at radius 1 is 1.30 bits per heavy atom. The van der Waals surface area contributed by atoms with Crippen LogP contribution in [0.1, 0.15) is 0 Å². The third-order valence-electron chi connectivity index (χ3n) is 5.34. The predicted octanol–water partition coefficient (Wildman–Crippen LogP) is 0.0752. The first-order valence-electron chi connectivity index (χ1n) is 9.51. The second kappa shape index (κ2) is 9.59. The maximum Gasteiger partial charge on any atom is 0.227 e. The smallest absolute Gasteiger partial charge is 0.227 e. The standard InChI is InChI=1S/C18H30FN5O3/c1-22(3-6-26-2)10-14-11-24(12-15(14)13-25)18-20-9-16(19)17(21-18)23-4-7-27-8-5-23/h9,14-15,25H,3-8,10-13H2,1-2H3/t14-,15-/m1/s1. The fourth-order valence-corrected chi connectivity index (χ4v) is 3.75. The van der Waals surface area contributed by atoms with E-state index in [4.69, 9.17) is 9.47 Å². The van der Waals surface area contributed by atoms with Crippen molar-refractivity contribution in [3.63, 3.8) is 0 Å². The molecule has 2 aliphatic heterocycles. The summed E-state index contributed by atoms with van der Waals surface area (Å²) in [6, 6.07) is 0. The SMILES string of the molecule is COCCN(C)C[C@@H]1CN(c2ncc(F)c(N3CCOCC3)n2)C[C@@H]1CO. The minimum Gasteiger partial charge on any atom is -0.396 e. The van der Waals surface area contributed by atoms with E-state index in [0.717, 1.165) is 19.6 Å². The van der Waals surface area contributed by atoms with Crippen LogP contribution < -0.4 is 9.80 Å². The number of hydrogen-bond acceptors (Lipinski definition) is 8. The highest BCUT2D eigenvalue weighted by Gasteiger charge is 2.34. The lowest BCUT2D eigenvalue weighted by molar-refractivity contribution is 0.122. The van der Waals surface area contributed by atoms with Gasteiger partial charge >= 0.3 is 0 Å². The summed E-state index contributed by atoms with van der Waals surface area (Å²) in [5.41, 5.74) is 0. The van der Waals surface area contributed by atoms with Gasteiger partial charge in [0.2, 0.25) is 5.95 Å². The molecule has 0 unspecified atom stereocenters. The number of aliphatic hydroxyl groups is 1. The zero-order chi connectivity index (χ0) is 19.2. The quantitative estimate of drug-likeness (QED) is 0.676. The normalized spacial score (nSPS) is 23.4. The van der Waals surface area contributed by atoms with Crippen LogP contribution in [-0.4, -0.2) is 99.8 Å². The Morgan fingerprint density at radius 2 is 2.04 bits per heavy atom. The molecule has 27 heavy (non-hydrogen) atoms. The van der Waals surface area contributed by atoms with Crippen molar-refractivity contribution in [2.75, 3.05) is 89.7 Å². The zero-order valence-corrected chi connectivity index (χ0v) is 16.2. The molecule has 8 nitrogen and oxygen atoms in total. The van der Waals surface area contributed by atoms with Gasteiger partial charge in [-0.3, -0.25) is 0 Å². The summed E-state index contributed by atoms with van der Waals surface area (Å²) in [5.74, 6) is 0.908. The van der Waals surface area contributed by atoms with E-state index in [1.54, 1.807) is 7.11 Å². The highest BCUT2D eigenvalue weighted by atomic mass is 19.1. The number of likely N-dealkylation sites (N-methyl/N-ethyl adjacent to an activating group) is 1. The fourth-order valence-electron chi connectivity index (χ4n) is 3.75. The Morgan fingerprint density at radius 3 is 2.74 bits per heavy atom. The molecule has 0 aliphatic carbocycles. The number of halogens is 1. The molecule has 1 N–H and O–H groups in total. The molecule has 1 aromatic rings. The topological polar surface area (TPSA) is 74.2 Å². The molecular weight excluding hydrogens is 353 g/mol. The van der Waals surface area contributed by atoms with Crippen LogP contribution in [0.3, 0.4) is 0 Å². The van der Waals surface area contributed by atoms with E-state index < -0.39 is 5.82 Å². The van der Waals surface area contributed by atoms with Gasteiger partial charge in [-0.05, 0) is 13.0 Å². The molecule has 3 heterocycles. The van der Waals surface area contributed by atoms with Crippen molar-refractivity contribution >= 4 is 11.8 Å².